The lowest BCUT2D eigenvalue weighted by atomic mass is 10.0. The van der Waals surface area contributed by atoms with Crippen molar-refractivity contribution in [1.29, 1.82) is 0 Å². The number of rotatable bonds is 5. The SMILES string of the molecule is O=CC1CCCCN1CCSc1ccccc1. The normalized spacial score (nSPS) is 21.3. The predicted molar refractivity (Wildman–Crippen MR) is 72.4 cm³/mol. The molecule has 0 spiro atoms. The van der Waals surface area contributed by atoms with Crippen LogP contribution in [0.25, 0.3) is 0 Å². The van der Waals surface area contributed by atoms with Crippen molar-refractivity contribution in [3.05, 3.63) is 30.3 Å². The summed E-state index contributed by atoms with van der Waals surface area (Å²) in [6.07, 6.45) is 4.60. The Labute approximate surface area is 107 Å². The van der Waals surface area contributed by atoms with E-state index in [9.17, 15) is 4.79 Å². The van der Waals surface area contributed by atoms with E-state index >= 15 is 0 Å². The molecule has 2 rings (SSSR count). The van der Waals surface area contributed by atoms with Crippen molar-refractivity contribution in [2.45, 2.75) is 30.2 Å². The second-order valence-electron chi connectivity index (χ2n) is 4.40. The van der Waals surface area contributed by atoms with Crippen LogP contribution in [0.3, 0.4) is 0 Å². The number of carbonyl (C=O) groups is 1. The fraction of sp³-hybridized carbons (Fsp3) is 0.500. The maximum absolute atomic E-state index is 11.0. The molecule has 0 amide bonds. The van der Waals surface area contributed by atoms with E-state index in [1.807, 2.05) is 17.8 Å². The zero-order chi connectivity index (χ0) is 11.9. The lowest BCUT2D eigenvalue weighted by molar-refractivity contribution is -0.113. The van der Waals surface area contributed by atoms with Gasteiger partial charge in [-0.15, -0.1) is 11.8 Å². The van der Waals surface area contributed by atoms with E-state index in [0.717, 1.165) is 31.5 Å². The zero-order valence-electron chi connectivity index (χ0n) is 10.0. The van der Waals surface area contributed by atoms with Crippen LogP contribution in [0.2, 0.25) is 0 Å². The van der Waals surface area contributed by atoms with Gasteiger partial charge in [-0.2, -0.15) is 0 Å². The van der Waals surface area contributed by atoms with Crippen LogP contribution in [0.4, 0.5) is 0 Å². The first-order valence-corrected chi connectivity index (χ1v) is 7.26. The predicted octanol–water partition coefficient (Wildman–Crippen LogP) is 2.83. The lowest BCUT2D eigenvalue weighted by Gasteiger charge is -2.31. The van der Waals surface area contributed by atoms with Gasteiger partial charge in [0.05, 0.1) is 6.04 Å². The van der Waals surface area contributed by atoms with Gasteiger partial charge in [0.25, 0.3) is 0 Å². The van der Waals surface area contributed by atoms with Crippen molar-refractivity contribution in [1.82, 2.24) is 4.90 Å². The molecule has 0 radical (unpaired) electrons. The standard InChI is InChI=1S/C14H19NOS/c16-12-13-6-4-5-9-15(13)10-11-17-14-7-2-1-3-8-14/h1-3,7-8,12-13H,4-6,9-11H2. The van der Waals surface area contributed by atoms with Crippen molar-refractivity contribution < 1.29 is 4.79 Å². The van der Waals surface area contributed by atoms with E-state index in [1.165, 1.54) is 17.7 Å². The molecule has 2 nitrogen and oxygen atoms in total. The number of aldehydes is 1. The Morgan fingerprint density at radius 3 is 2.88 bits per heavy atom. The summed E-state index contributed by atoms with van der Waals surface area (Å²) >= 11 is 1.87. The molecule has 17 heavy (non-hydrogen) atoms. The molecule has 0 bridgehead atoms. The molecule has 1 aliphatic rings. The van der Waals surface area contributed by atoms with E-state index in [-0.39, 0.29) is 6.04 Å². The fourth-order valence-corrected chi connectivity index (χ4v) is 3.16. The van der Waals surface area contributed by atoms with Gasteiger partial charge in [-0.05, 0) is 31.5 Å². The quantitative estimate of drug-likeness (QED) is 0.591. The molecule has 92 valence electrons. The number of hydrogen-bond acceptors (Lipinski definition) is 3. The van der Waals surface area contributed by atoms with Gasteiger partial charge in [0.1, 0.15) is 6.29 Å². The molecule has 0 saturated carbocycles. The summed E-state index contributed by atoms with van der Waals surface area (Å²) in [5.74, 6) is 1.06. The average Bonchev–Trinajstić information content (AvgIpc) is 2.40. The van der Waals surface area contributed by atoms with Crippen molar-refractivity contribution in [2.75, 3.05) is 18.8 Å². The first kappa shape index (κ1) is 12.7. The number of thioether (sulfide) groups is 1. The summed E-state index contributed by atoms with van der Waals surface area (Å²) in [6.45, 7) is 2.10. The van der Waals surface area contributed by atoms with Crippen LogP contribution in [0.1, 0.15) is 19.3 Å². The number of piperidine rings is 1. The second-order valence-corrected chi connectivity index (χ2v) is 5.57. The summed E-state index contributed by atoms with van der Waals surface area (Å²) in [5, 5.41) is 0. The topological polar surface area (TPSA) is 20.3 Å². The Bertz CT molecular complexity index is 341. The number of benzene rings is 1. The molecule has 3 heteroatoms. The van der Waals surface area contributed by atoms with Crippen LogP contribution in [0, 0.1) is 0 Å². The summed E-state index contributed by atoms with van der Waals surface area (Å²) in [6, 6.07) is 10.6. The molecule has 1 atom stereocenters. The van der Waals surface area contributed by atoms with Crippen LogP contribution in [-0.2, 0) is 4.79 Å². The zero-order valence-corrected chi connectivity index (χ0v) is 10.9. The van der Waals surface area contributed by atoms with Crippen LogP contribution < -0.4 is 0 Å². The molecule has 1 aliphatic heterocycles. The van der Waals surface area contributed by atoms with E-state index < -0.39 is 0 Å². The van der Waals surface area contributed by atoms with E-state index in [1.54, 1.807) is 0 Å². The van der Waals surface area contributed by atoms with Crippen LogP contribution in [0.5, 0.6) is 0 Å². The number of hydrogen-bond donors (Lipinski definition) is 0. The van der Waals surface area contributed by atoms with Crippen molar-refractivity contribution in [3.63, 3.8) is 0 Å². The van der Waals surface area contributed by atoms with Gasteiger partial charge in [-0.3, -0.25) is 4.90 Å². The molecule has 1 aromatic rings. The summed E-state index contributed by atoms with van der Waals surface area (Å²) < 4.78 is 0. The first-order chi connectivity index (χ1) is 8.40. The highest BCUT2D eigenvalue weighted by molar-refractivity contribution is 7.99. The summed E-state index contributed by atoms with van der Waals surface area (Å²) in [7, 11) is 0. The van der Waals surface area contributed by atoms with Crippen molar-refractivity contribution in [3.8, 4) is 0 Å². The third-order valence-electron chi connectivity index (χ3n) is 3.21. The minimum absolute atomic E-state index is 0.167. The third-order valence-corrected chi connectivity index (χ3v) is 4.20. The van der Waals surface area contributed by atoms with Gasteiger partial charge >= 0.3 is 0 Å². The Morgan fingerprint density at radius 1 is 1.29 bits per heavy atom. The molecule has 0 aromatic heterocycles. The molecular weight excluding hydrogens is 230 g/mol. The lowest BCUT2D eigenvalue weighted by Crippen LogP contribution is -2.41. The molecule has 1 aromatic carbocycles. The van der Waals surface area contributed by atoms with Crippen LogP contribution in [0.15, 0.2) is 35.2 Å². The highest BCUT2D eigenvalue weighted by atomic mass is 32.2. The summed E-state index contributed by atoms with van der Waals surface area (Å²) in [5.41, 5.74) is 0. The van der Waals surface area contributed by atoms with Crippen molar-refractivity contribution >= 4 is 18.0 Å². The Morgan fingerprint density at radius 2 is 2.12 bits per heavy atom. The number of carbonyl (C=O) groups excluding carboxylic acids is 1. The largest absolute Gasteiger partial charge is 0.302 e. The molecule has 1 unspecified atom stereocenters. The maximum Gasteiger partial charge on any atom is 0.137 e. The highest BCUT2D eigenvalue weighted by Gasteiger charge is 2.20. The van der Waals surface area contributed by atoms with Gasteiger partial charge in [0, 0.05) is 17.2 Å². The monoisotopic (exact) mass is 249 g/mol. The molecule has 1 saturated heterocycles. The van der Waals surface area contributed by atoms with Gasteiger partial charge in [-0.1, -0.05) is 24.6 Å². The Kier molecular flexibility index (Phi) is 5.08. The number of likely N-dealkylation sites (tertiary alicyclic amines) is 1. The van der Waals surface area contributed by atoms with Crippen LogP contribution in [-0.4, -0.2) is 36.1 Å². The Balaban J connectivity index is 1.75. The van der Waals surface area contributed by atoms with Gasteiger partial charge < -0.3 is 4.79 Å². The highest BCUT2D eigenvalue weighted by Crippen LogP contribution is 2.20. The molecule has 0 N–H and O–H groups in total. The minimum atomic E-state index is 0.167. The smallest absolute Gasteiger partial charge is 0.137 e. The summed E-state index contributed by atoms with van der Waals surface area (Å²) in [4.78, 5) is 14.6. The molecule has 1 heterocycles. The van der Waals surface area contributed by atoms with Gasteiger partial charge in [-0.25, -0.2) is 0 Å². The van der Waals surface area contributed by atoms with Crippen molar-refractivity contribution in [2.24, 2.45) is 0 Å². The molecule has 1 fully saturated rings. The molecular formula is C14H19NOS. The van der Waals surface area contributed by atoms with E-state index in [4.69, 9.17) is 0 Å². The first-order valence-electron chi connectivity index (χ1n) is 6.27. The second kappa shape index (κ2) is 6.82. The maximum atomic E-state index is 11.0. The minimum Gasteiger partial charge on any atom is -0.302 e. The van der Waals surface area contributed by atoms with Crippen LogP contribution >= 0.6 is 11.8 Å². The number of nitrogens with zero attached hydrogens (tertiary/aromatic N) is 1. The molecule has 0 aliphatic carbocycles. The van der Waals surface area contributed by atoms with E-state index in [0.29, 0.717) is 0 Å². The third kappa shape index (κ3) is 3.86. The van der Waals surface area contributed by atoms with Gasteiger partial charge in [0.2, 0.25) is 0 Å². The van der Waals surface area contributed by atoms with E-state index in [2.05, 4.69) is 29.2 Å². The average molecular weight is 249 g/mol. The Hall–Kier alpha value is -0.800. The van der Waals surface area contributed by atoms with Gasteiger partial charge in [0.15, 0.2) is 0 Å². The fourth-order valence-electron chi connectivity index (χ4n) is 2.25.